The first-order valence-electron chi connectivity index (χ1n) is 7.47. The maximum Gasteiger partial charge on any atom is 0.161 e. The van der Waals surface area contributed by atoms with Gasteiger partial charge in [0.15, 0.2) is 11.5 Å². The Kier molecular flexibility index (Phi) is 3.30. The van der Waals surface area contributed by atoms with Crippen molar-refractivity contribution in [2.75, 3.05) is 19.5 Å². The molecular weight excluding hydrogens is 309 g/mol. The number of fused-ring (bicyclic) bond motifs is 3. The maximum absolute atomic E-state index is 13.9. The van der Waals surface area contributed by atoms with Crippen molar-refractivity contribution in [3.63, 3.8) is 0 Å². The third-order valence-electron chi connectivity index (χ3n) is 4.11. The zero-order chi connectivity index (χ0) is 16.7. The number of halogens is 1. The summed E-state index contributed by atoms with van der Waals surface area (Å²) in [6.07, 6.45) is 0. The fourth-order valence-electron chi connectivity index (χ4n) is 2.92. The second-order valence-corrected chi connectivity index (χ2v) is 5.46. The van der Waals surface area contributed by atoms with E-state index in [-0.39, 0.29) is 5.82 Å². The van der Waals surface area contributed by atoms with Crippen LogP contribution >= 0.6 is 0 Å². The minimum atomic E-state index is -0.306. The van der Waals surface area contributed by atoms with Crippen molar-refractivity contribution in [3.05, 3.63) is 48.3 Å². The second-order valence-electron chi connectivity index (χ2n) is 5.46. The van der Waals surface area contributed by atoms with Gasteiger partial charge < -0.3 is 14.8 Å². The normalized spacial score (nSPS) is 11.1. The molecule has 0 amide bonds. The van der Waals surface area contributed by atoms with Crippen LogP contribution in [0.15, 0.2) is 42.5 Å². The predicted molar refractivity (Wildman–Crippen MR) is 92.1 cm³/mol. The lowest BCUT2D eigenvalue weighted by Crippen LogP contribution is -1.94. The molecule has 2 aliphatic rings. The van der Waals surface area contributed by atoms with Crippen molar-refractivity contribution in [2.45, 2.75) is 0 Å². The van der Waals surface area contributed by atoms with Gasteiger partial charge in [0.2, 0.25) is 0 Å². The number of aromatic nitrogens is 2. The summed E-state index contributed by atoms with van der Waals surface area (Å²) >= 11 is 0. The molecule has 1 aliphatic heterocycles. The largest absolute Gasteiger partial charge is 0.493 e. The molecule has 2 aromatic carbocycles. The number of anilines is 2. The molecule has 0 aromatic heterocycles. The molecule has 0 saturated carbocycles. The number of ether oxygens (including phenoxy) is 2. The molecule has 4 rings (SSSR count). The van der Waals surface area contributed by atoms with E-state index >= 15 is 0 Å². The zero-order valence-electron chi connectivity index (χ0n) is 13.2. The van der Waals surface area contributed by atoms with Gasteiger partial charge in [-0.3, -0.25) is 10.2 Å². The van der Waals surface area contributed by atoms with Crippen LogP contribution in [-0.2, 0) is 0 Å². The van der Waals surface area contributed by atoms with E-state index in [1.165, 1.54) is 6.07 Å². The highest BCUT2D eigenvalue weighted by molar-refractivity contribution is 6.05. The topological polar surface area (TPSA) is 62.1 Å². The summed E-state index contributed by atoms with van der Waals surface area (Å²) in [6.45, 7) is 0. The molecule has 1 heterocycles. The molecular formula is C18H16FN3O2. The molecule has 122 valence electrons. The first-order chi connectivity index (χ1) is 11.7. The molecule has 0 saturated heterocycles. The number of benzene rings is 2. The summed E-state index contributed by atoms with van der Waals surface area (Å²) < 4.78 is 24.6. The Bertz CT molecular complexity index is 989. The molecule has 5 nitrogen and oxygen atoms in total. The van der Waals surface area contributed by atoms with E-state index in [2.05, 4.69) is 15.5 Å². The van der Waals surface area contributed by atoms with Gasteiger partial charge in [0.05, 0.1) is 25.6 Å². The molecule has 2 aromatic rings. The van der Waals surface area contributed by atoms with Crippen LogP contribution in [0, 0.1) is 5.82 Å². The van der Waals surface area contributed by atoms with Gasteiger partial charge in [-0.15, -0.1) is 0 Å². The molecule has 0 atom stereocenters. The van der Waals surface area contributed by atoms with E-state index in [1.807, 2.05) is 18.2 Å². The van der Waals surface area contributed by atoms with Crippen LogP contribution < -0.4 is 14.8 Å². The highest BCUT2D eigenvalue weighted by atomic mass is 19.1. The van der Waals surface area contributed by atoms with Gasteiger partial charge in [-0.2, -0.15) is 0 Å². The molecule has 0 fully saturated rings. The van der Waals surface area contributed by atoms with Crippen molar-refractivity contribution in [1.82, 2.24) is 10.2 Å². The summed E-state index contributed by atoms with van der Waals surface area (Å²) in [5, 5.41) is 11.3. The first-order valence-corrected chi connectivity index (χ1v) is 7.47. The van der Waals surface area contributed by atoms with E-state index < -0.39 is 0 Å². The zero-order valence-corrected chi connectivity index (χ0v) is 13.2. The van der Waals surface area contributed by atoms with Crippen LogP contribution in [0.4, 0.5) is 15.9 Å². The van der Waals surface area contributed by atoms with E-state index in [4.69, 9.17) is 9.47 Å². The summed E-state index contributed by atoms with van der Waals surface area (Å²) in [6, 6.07) is 12.4. The van der Waals surface area contributed by atoms with E-state index in [0.29, 0.717) is 23.0 Å². The Hall–Kier alpha value is -3.15. The number of rotatable bonds is 4. The summed E-state index contributed by atoms with van der Waals surface area (Å²) in [5.74, 6) is 1.73. The van der Waals surface area contributed by atoms with Gasteiger partial charge in [-0.05, 0) is 35.7 Å². The lowest BCUT2D eigenvalue weighted by Gasteiger charge is -2.07. The summed E-state index contributed by atoms with van der Waals surface area (Å²) in [7, 11) is 3.22. The van der Waals surface area contributed by atoms with Gasteiger partial charge in [-0.1, -0.05) is 12.1 Å². The lowest BCUT2D eigenvalue weighted by atomic mass is 10.2. The highest BCUT2D eigenvalue weighted by Gasteiger charge is 2.19. The lowest BCUT2D eigenvalue weighted by molar-refractivity contribution is 0.356. The molecule has 3 N–H and O–H groups in total. The molecule has 1 aliphatic carbocycles. The number of methoxy groups -OCH3 is 2. The number of hydrogen-bond donors (Lipinski definition) is 3. The van der Waals surface area contributed by atoms with E-state index in [1.54, 1.807) is 32.4 Å². The van der Waals surface area contributed by atoms with Crippen LogP contribution in [-0.4, -0.2) is 24.4 Å². The van der Waals surface area contributed by atoms with Crippen molar-refractivity contribution >= 4 is 22.3 Å². The Labute approximate surface area is 137 Å². The summed E-state index contributed by atoms with van der Waals surface area (Å²) in [5.41, 5.74) is 2.27. The van der Waals surface area contributed by atoms with E-state index in [0.717, 1.165) is 22.0 Å². The van der Waals surface area contributed by atoms with Crippen LogP contribution in [0.1, 0.15) is 0 Å². The van der Waals surface area contributed by atoms with Gasteiger partial charge in [0.1, 0.15) is 11.6 Å². The van der Waals surface area contributed by atoms with Crippen LogP contribution in [0.5, 0.6) is 11.5 Å². The maximum atomic E-state index is 13.9. The Balaban J connectivity index is 1.81. The predicted octanol–water partition coefficient (Wildman–Crippen LogP) is 4.50. The van der Waals surface area contributed by atoms with Crippen molar-refractivity contribution in [2.24, 2.45) is 0 Å². The number of hydrogen-bond acceptors (Lipinski definition) is 3. The van der Waals surface area contributed by atoms with Gasteiger partial charge in [0, 0.05) is 10.9 Å². The SMILES string of the molecule is COc1cc2cc3c(Nc4ccccc4F)[nH][nH]c-3c2cc1OC. The fourth-order valence-corrected chi connectivity index (χ4v) is 2.92. The standard InChI is InChI=1S/C18H16FN3O2/c1-23-15-8-10-7-12-17(11(10)9-16(15)24-2)21-22-18(12)20-14-6-4-3-5-13(14)19/h3-9,20-22H,1-2H3. The second kappa shape index (κ2) is 5.49. The molecule has 6 heteroatoms. The first kappa shape index (κ1) is 14.4. The third kappa shape index (κ3) is 2.15. The van der Waals surface area contributed by atoms with Crippen LogP contribution in [0.3, 0.4) is 0 Å². The van der Waals surface area contributed by atoms with Crippen molar-refractivity contribution in [1.29, 1.82) is 0 Å². The molecule has 0 spiro atoms. The van der Waals surface area contributed by atoms with Crippen LogP contribution in [0.25, 0.3) is 22.0 Å². The van der Waals surface area contributed by atoms with Gasteiger partial charge >= 0.3 is 0 Å². The Morgan fingerprint density at radius 3 is 2.46 bits per heavy atom. The summed E-state index contributed by atoms with van der Waals surface area (Å²) in [4.78, 5) is 0. The third-order valence-corrected chi connectivity index (χ3v) is 4.11. The van der Waals surface area contributed by atoms with Gasteiger partial charge in [-0.25, -0.2) is 4.39 Å². The van der Waals surface area contributed by atoms with Gasteiger partial charge in [0.25, 0.3) is 0 Å². The van der Waals surface area contributed by atoms with Crippen molar-refractivity contribution in [3.8, 4) is 22.8 Å². The Morgan fingerprint density at radius 1 is 0.958 bits per heavy atom. The quantitative estimate of drug-likeness (QED) is 0.518. The average Bonchev–Trinajstić information content (AvgIpc) is 3.15. The molecule has 0 bridgehead atoms. The number of nitrogens with one attached hydrogen (secondary N) is 3. The fraction of sp³-hybridized carbons (Fsp3) is 0.111. The van der Waals surface area contributed by atoms with E-state index in [9.17, 15) is 4.39 Å². The van der Waals surface area contributed by atoms with Crippen molar-refractivity contribution < 1.29 is 13.9 Å². The monoisotopic (exact) mass is 325 g/mol. The highest BCUT2D eigenvalue weighted by Crippen LogP contribution is 2.42. The van der Waals surface area contributed by atoms with Crippen LogP contribution in [0.2, 0.25) is 0 Å². The average molecular weight is 325 g/mol. The minimum absolute atomic E-state index is 0.306. The molecule has 24 heavy (non-hydrogen) atoms. The minimum Gasteiger partial charge on any atom is -0.493 e. The smallest absolute Gasteiger partial charge is 0.161 e. The number of aromatic amines is 2. The molecule has 0 radical (unpaired) electrons. The Morgan fingerprint density at radius 2 is 1.71 bits per heavy atom. The number of H-pyrrole nitrogens is 2. The molecule has 0 unspecified atom stereocenters. The number of para-hydroxylation sites is 1.